The Hall–Kier alpha value is -0.710. The third kappa shape index (κ3) is 4.11. The number of halogens is 1. The van der Waals surface area contributed by atoms with Gasteiger partial charge in [0.2, 0.25) is 0 Å². The summed E-state index contributed by atoms with van der Waals surface area (Å²) in [6.45, 7) is 0. The minimum atomic E-state index is -0.971. The number of thioether (sulfide) groups is 1. The molecule has 5 heteroatoms. The largest absolute Gasteiger partial charge is 0.480 e. The van der Waals surface area contributed by atoms with E-state index in [1.54, 1.807) is 0 Å². The lowest BCUT2D eigenvalue weighted by Crippen LogP contribution is -2.32. The predicted octanol–water partition coefficient (Wildman–Crippen LogP) is 1.99. The van der Waals surface area contributed by atoms with Gasteiger partial charge < -0.3 is 10.8 Å². The zero-order valence-electron chi connectivity index (χ0n) is 8.02. The lowest BCUT2D eigenvalue weighted by atomic mass is 10.2. The van der Waals surface area contributed by atoms with E-state index in [0.717, 1.165) is 5.56 Å². The molecule has 0 unspecified atom stereocenters. The van der Waals surface area contributed by atoms with Crippen LogP contribution >= 0.6 is 23.4 Å². The summed E-state index contributed by atoms with van der Waals surface area (Å²) in [4.78, 5) is 10.4. The highest BCUT2D eigenvalue weighted by atomic mass is 35.5. The van der Waals surface area contributed by atoms with Crippen molar-refractivity contribution in [3.05, 3.63) is 34.9 Å². The van der Waals surface area contributed by atoms with Crippen LogP contribution in [0.5, 0.6) is 0 Å². The van der Waals surface area contributed by atoms with Crippen LogP contribution in [-0.4, -0.2) is 22.9 Å². The first-order chi connectivity index (χ1) is 7.11. The van der Waals surface area contributed by atoms with E-state index in [9.17, 15) is 4.79 Å². The molecule has 1 atom stereocenters. The van der Waals surface area contributed by atoms with Crippen molar-refractivity contribution in [2.45, 2.75) is 11.8 Å². The van der Waals surface area contributed by atoms with Gasteiger partial charge in [0.25, 0.3) is 0 Å². The van der Waals surface area contributed by atoms with Gasteiger partial charge in [-0.05, 0) is 11.6 Å². The van der Waals surface area contributed by atoms with Crippen molar-refractivity contribution in [3.63, 3.8) is 0 Å². The Morgan fingerprint density at radius 3 is 2.80 bits per heavy atom. The smallest absolute Gasteiger partial charge is 0.321 e. The van der Waals surface area contributed by atoms with E-state index >= 15 is 0 Å². The second-order valence-electron chi connectivity index (χ2n) is 3.05. The van der Waals surface area contributed by atoms with Crippen LogP contribution in [0.1, 0.15) is 5.56 Å². The van der Waals surface area contributed by atoms with Gasteiger partial charge >= 0.3 is 5.97 Å². The van der Waals surface area contributed by atoms with Crippen molar-refractivity contribution in [2.24, 2.45) is 5.73 Å². The Morgan fingerprint density at radius 2 is 2.20 bits per heavy atom. The van der Waals surface area contributed by atoms with Gasteiger partial charge in [-0.25, -0.2) is 0 Å². The third-order valence-electron chi connectivity index (χ3n) is 1.83. The monoisotopic (exact) mass is 245 g/mol. The SMILES string of the molecule is N[C@H](CSCc1ccccc1Cl)C(=O)O. The quantitative estimate of drug-likeness (QED) is 0.833. The summed E-state index contributed by atoms with van der Waals surface area (Å²) in [5, 5.41) is 9.27. The highest BCUT2D eigenvalue weighted by molar-refractivity contribution is 7.98. The molecule has 0 aromatic heterocycles. The molecule has 0 aliphatic rings. The molecule has 15 heavy (non-hydrogen) atoms. The minimum absolute atomic E-state index is 0.389. The number of aliphatic carboxylic acids is 1. The summed E-state index contributed by atoms with van der Waals surface area (Å²) in [6, 6.07) is 6.69. The number of rotatable bonds is 5. The maximum absolute atomic E-state index is 10.4. The number of hydrogen-bond acceptors (Lipinski definition) is 3. The molecule has 1 aromatic rings. The van der Waals surface area contributed by atoms with E-state index < -0.39 is 12.0 Å². The Morgan fingerprint density at radius 1 is 1.53 bits per heavy atom. The molecule has 1 aromatic carbocycles. The lowest BCUT2D eigenvalue weighted by molar-refractivity contribution is -0.137. The molecule has 3 nitrogen and oxygen atoms in total. The Kier molecular flexibility index (Phi) is 4.94. The summed E-state index contributed by atoms with van der Waals surface area (Å²) in [6.07, 6.45) is 0. The van der Waals surface area contributed by atoms with Crippen LogP contribution in [0.3, 0.4) is 0 Å². The fraction of sp³-hybridized carbons (Fsp3) is 0.300. The highest BCUT2D eigenvalue weighted by Crippen LogP contribution is 2.20. The number of carboxylic acids is 1. The van der Waals surface area contributed by atoms with Gasteiger partial charge in [0.05, 0.1) is 0 Å². The molecule has 82 valence electrons. The second kappa shape index (κ2) is 6.00. The fourth-order valence-corrected chi connectivity index (χ4v) is 2.25. The molecule has 0 spiro atoms. The predicted molar refractivity (Wildman–Crippen MR) is 63.2 cm³/mol. The van der Waals surface area contributed by atoms with Crippen molar-refractivity contribution in [3.8, 4) is 0 Å². The van der Waals surface area contributed by atoms with Crippen LogP contribution in [-0.2, 0) is 10.5 Å². The number of nitrogens with two attached hydrogens (primary N) is 1. The van der Waals surface area contributed by atoms with Gasteiger partial charge in [-0.15, -0.1) is 0 Å². The average Bonchev–Trinajstić information content (AvgIpc) is 2.20. The fourth-order valence-electron chi connectivity index (χ4n) is 0.983. The molecule has 0 bridgehead atoms. The summed E-state index contributed by atoms with van der Waals surface area (Å²) in [5.41, 5.74) is 6.37. The molecular weight excluding hydrogens is 234 g/mol. The number of hydrogen-bond donors (Lipinski definition) is 2. The van der Waals surface area contributed by atoms with Crippen LogP contribution in [0.25, 0.3) is 0 Å². The van der Waals surface area contributed by atoms with Crippen molar-refractivity contribution in [2.75, 3.05) is 5.75 Å². The number of carbonyl (C=O) groups is 1. The third-order valence-corrected chi connectivity index (χ3v) is 3.31. The molecular formula is C10H12ClNO2S. The lowest BCUT2D eigenvalue weighted by Gasteiger charge is -2.06. The molecule has 0 heterocycles. The Bertz CT molecular complexity index is 346. The van der Waals surface area contributed by atoms with Crippen molar-refractivity contribution in [1.82, 2.24) is 0 Å². The molecule has 3 N–H and O–H groups in total. The molecule has 0 aliphatic heterocycles. The Labute approximate surface area is 97.6 Å². The van der Waals surface area contributed by atoms with Crippen LogP contribution in [0, 0.1) is 0 Å². The zero-order chi connectivity index (χ0) is 11.3. The summed E-state index contributed by atoms with van der Waals surface area (Å²) in [7, 11) is 0. The molecule has 0 aliphatic carbocycles. The van der Waals surface area contributed by atoms with Gasteiger partial charge in [-0.2, -0.15) is 11.8 Å². The topological polar surface area (TPSA) is 63.3 Å². The maximum atomic E-state index is 10.4. The zero-order valence-corrected chi connectivity index (χ0v) is 9.59. The van der Waals surface area contributed by atoms with Gasteiger partial charge in [0.15, 0.2) is 0 Å². The van der Waals surface area contributed by atoms with Gasteiger partial charge in [-0.3, -0.25) is 4.79 Å². The summed E-state index contributed by atoms with van der Waals surface area (Å²) >= 11 is 7.41. The molecule has 1 rings (SSSR count). The van der Waals surface area contributed by atoms with Gasteiger partial charge in [0, 0.05) is 16.5 Å². The Balaban J connectivity index is 2.38. The first-order valence-electron chi connectivity index (χ1n) is 4.41. The van der Waals surface area contributed by atoms with E-state index in [1.165, 1.54) is 11.8 Å². The van der Waals surface area contributed by atoms with Crippen molar-refractivity contribution in [1.29, 1.82) is 0 Å². The van der Waals surface area contributed by atoms with E-state index in [0.29, 0.717) is 16.5 Å². The van der Waals surface area contributed by atoms with Crippen LogP contribution < -0.4 is 5.73 Å². The van der Waals surface area contributed by atoms with Crippen molar-refractivity contribution < 1.29 is 9.90 Å². The normalized spacial score (nSPS) is 12.4. The van der Waals surface area contributed by atoms with Crippen LogP contribution in [0.2, 0.25) is 5.02 Å². The standard InChI is InChI=1S/C10H12ClNO2S/c11-8-4-2-1-3-7(8)5-15-6-9(12)10(13)14/h1-4,9H,5-6,12H2,(H,13,14)/t9-/m1/s1. The number of benzene rings is 1. The van der Waals surface area contributed by atoms with Crippen LogP contribution in [0.4, 0.5) is 0 Å². The van der Waals surface area contributed by atoms with E-state index in [1.807, 2.05) is 24.3 Å². The van der Waals surface area contributed by atoms with E-state index in [4.69, 9.17) is 22.4 Å². The minimum Gasteiger partial charge on any atom is -0.480 e. The van der Waals surface area contributed by atoms with Gasteiger partial charge in [0.1, 0.15) is 6.04 Å². The molecule has 0 fully saturated rings. The maximum Gasteiger partial charge on any atom is 0.321 e. The summed E-state index contributed by atoms with van der Waals surface area (Å²) < 4.78 is 0. The highest BCUT2D eigenvalue weighted by Gasteiger charge is 2.11. The summed E-state index contributed by atoms with van der Waals surface area (Å²) in [5.74, 6) is 0.1000. The van der Waals surface area contributed by atoms with Gasteiger partial charge in [-0.1, -0.05) is 29.8 Å². The first kappa shape index (κ1) is 12.4. The molecule has 0 saturated carbocycles. The van der Waals surface area contributed by atoms with E-state index in [2.05, 4.69) is 0 Å². The van der Waals surface area contributed by atoms with E-state index in [-0.39, 0.29) is 0 Å². The van der Waals surface area contributed by atoms with Crippen molar-refractivity contribution >= 4 is 29.3 Å². The molecule has 0 radical (unpaired) electrons. The molecule has 0 saturated heterocycles. The first-order valence-corrected chi connectivity index (χ1v) is 5.94. The second-order valence-corrected chi connectivity index (χ2v) is 4.49. The average molecular weight is 246 g/mol. The van der Waals surface area contributed by atoms with Crippen LogP contribution in [0.15, 0.2) is 24.3 Å². The molecule has 0 amide bonds. The number of carboxylic acid groups (broad SMARTS) is 1.